The van der Waals surface area contributed by atoms with Crippen LogP contribution in [0.25, 0.3) is 10.8 Å². The Morgan fingerprint density at radius 2 is 1.88 bits per heavy atom. The van der Waals surface area contributed by atoms with Gasteiger partial charge in [0, 0.05) is 11.6 Å². The van der Waals surface area contributed by atoms with E-state index in [-0.39, 0.29) is 11.2 Å². The molecule has 2 N–H and O–H groups in total. The summed E-state index contributed by atoms with van der Waals surface area (Å²) in [6.45, 7) is 1.79. The van der Waals surface area contributed by atoms with Gasteiger partial charge in [0.25, 0.3) is 0 Å². The van der Waals surface area contributed by atoms with Gasteiger partial charge in [-0.2, -0.15) is 13.2 Å². The maximum atomic E-state index is 12.7. The fraction of sp³-hybridized carbons (Fsp3) is 0.182. The van der Waals surface area contributed by atoms with Gasteiger partial charge in [0.1, 0.15) is 5.82 Å². The smallest absolute Gasteiger partial charge is 0.383 e. The predicted molar refractivity (Wildman–Crippen MR) is 55.9 cm³/mol. The Bertz CT molecular complexity index is 547. The highest BCUT2D eigenvalue weighted by molar-refractivity contribution is 5.93. The number of hydrogen-bond donors (Lipinski definition) is 1. The van der Waals surface area contributed by atoms with Gasteiger partial charge in [-0.05, 0) is 18.4 Å². The normalized spacial score (nSPS) is 12.0. The van der Waals surface area contributed by atoms with E-state index >= 15 is 0 Å². The minimum atomic E-state index is -4.41. The largest absolute Gasteiger partial charge is 0.418 e. The lowest BCUT2D eigenvalue weighted by Crippen LogP contribution is -2.07. The molecule has 0 fully saturated rings. The zero-order valence-electron chi connectivity index (χ0n) is 8.47. The molecule has 0 unspecified atom stereocenters. The van der Waals surface area contributed by atoms with Crippen molar-refractivity contribution in [1.82, 2.24) is 4.98 Å². The van der Waals surface area contributed by atoms with Crippen LogP contribution in [-0.2, 0) is 6.18 Å². The van der Waals surface area contributed by atoms with Crippen LogP contribution < -0.4 is 5.73 Å². The van der Waals surface area contributed by atoms with E-state index in [4.69, 9.17) is 5.73 Å². The lowest BCUT2D eigenvalue weighted by Gasteiger charge is -2.11. The molecule has 2 aromatic rings. The first kappa shape index (κ1) is 10.7. The standard InChI is InChI=1S/C11H9F3N2/c1-6-2-3-7-8(4-6)10(15)16-5-9(7)11(12,13)14/h2-5H,1H3,(H2,15,16). The Kier molecular flexibility index (Phi) is 2.26. The lowest BCUT2D eigenvalue weighted by molar-refractivity contribution is -0.136. The molecular weight excluding hydrogens is 217 g/mol. The number of aromatic nitrogens is 1. The summed E-state index contributed by atoms with van der Waals surface area (Å²) in [5.74, 6) is 0.117. The van der Waals surface area contributed by atoms with E-state index < -0.39 is 11.7 Å². The molecule has 0 bridgehead atoms. The number of rotatable bonds is 0. The van der Waals surface area contributed by atoms with E-state index in [9.17, 15) is 13.2 Å². The number of hydrogen-bond acceptors (Lipinski definition) is 2. The van der Waals surface area contributed by atoms with Crippen LogP contribution in [0, 0.1) is 6.92 Å². The van der Waals surface area contributed by atoms with Crippen molar-refractivity contribution in [3.05, 3.63) is 35.5 Å². The molecule has 5 heteroatoms. The molecule has 0 amide bonds. The van der Waals surface area contributed by atoms with E-state index in [1.807, 2.05) is 0 Å². The summed E-state index contributed by atoms with van der Waals surface area (Å²) in [5, 5.41) is 0.431. The van der Waals surface area contributed by atoms with Gasteiger partial charge in [0.15, 0.2) is 0 Å². The van der Waals surface area contributed by atoms with Crippen LogP contribution in [0.3, 0.4) is 0 Å². The number of nitrogens with two attached hydrogens (primary N) is 1. The fourth-order valence-electron chi connectivity index (χ4n) is 1.60. The number of nitrogen functional groups attached to an aromatic ring is 1. The molecule has 0 atom stereocenters. The summed E-state index contributed by atoms with van der Waals surface area (Å²) in [6, 6.07) is 4.65. The van der Waals surface area contributed by atoms with Crippen molar-refractivity contribution in [3.63, 3.8) is 0 Å². The van der Waals surface area contributed by atoms with Crippen LogP contribution in [0.4, 0.5) is 19.0 Å². The van der Waals surface area contributed by atoms with Crippen molar-refractivity contribution < 1.29 is 13.2 Å². The third-order valence-electron chi connectivity index (χ3n) is 2.38. The SMILES string of the molecule is Cc1ccc2c(C(F)(F)F)cnc(N)c2c1. The highest BCUT2D eigenvalue weighted by Gasteiger charge is 2.33. The van der Waals surface area contributed by atoms with Gasteiger partial charge in [-0.3, -0.25) is 0 Å². The number of aryl methyl sites for hydroxylation is 1. The Morgan fingerprint density at radius 3 is 2.50 bits per heavy atom. The monoisotopic (exact) mass is 226 g/mol. The van der Waals surface area contributed by atoms with E-state index in [1.165, 1.54) is 6.07 Å². The molecule has 0 aliphatic rings. The predicted octanol–water partition coefficient (Wildman–Crippen LogP) is 3.14. The van der Waals surface area contributed by atoms with Crippen molar-refractivity contribution >= 4 is 16.6 Å². The van der Waals surface area contributed by atoms with Gasteiger partial charge < -0.3 is 5.73 Å². The molecule has 1 heterocycles. The minimum Gasteiger partial charge on any atom is -0.383 e. The molecule has 2 rings (SSSR count). The Hall–Kier alpha value is -1.78. The second kappa shape index (κ2) is 3.37. The molecular formula is C11H9F3N2. The second-order valence-electron chi connectivity index (χ2n) is 3.60. The zero-order chi connectivity index (χ0) is 11.9. The quantitative estimate of drug-likeness (QED) is 0.749. The third-order valence-corrected chi connectivity index (χ3v) is 2.38. The van der Waals surface area contributed by atoms with Crippen molar-refractivity contribution in [1.29, 1.82) is 0 Å². The minimum absolute atomic E-state index is 0.0885. The van der Waals surface area contributed by atoms with Crippen LogP contribution in [0.5, 0.6) is 0 Å². The van der Waals surface area contributed by atoms with Crippen LogP contribution in [0.15, 0.2) is 24.4 Å². The van der Waals surface area contributed by atoms with Gasteiger partial charge in [-0.15, -0.1) is 0 Å². The maximum Gasteiger partial charge on any atom is 0.418 e. The highest BCUT2D eigenvalue weighted by Crippen LogP contribution is 2.35. The van der Waals surface area contributed by atoms with Gasteiger partial charge in [0.2, 0.25) is 0 Å². The Morgan fingerprint density at radius 1 is 1.19 bits per heavy atom. The van der Waals surface area contributed by atoms with Crippen LogP contribution >= 0.6 is 0 Å². The number of benzene rings is 1. The van der Waals surface area contributed by atoms with Gasteiger partial charge in [-0.25, -0.2) is 4.98 Å². The summed E-state index contributed by atoms with van der Waals surface area (Å²) in [7, 11) is 0. The molecule has 0 spiro atoms. The van der Waals surface area contributed by atoms with Crippen molar-refractivity contribution in [3.8, 4) is 0 Å². The first-order chi connectivity index (χ1) is 7.39. The highest BCUT2D eigenvalue weighted by atomic mass is 19.4. The summed E-state index contributed by atoms with van der Waals surface area (Å²) >= 11 is 0. The zero-order valence-corrected chi connectivity index (χ0v) is 8.47. The topological polar surface area (TPSA) is 38.9 Å². The molecule has 0 radical (unpaired) electrons. The summed E-state index contributed by atoms with van der Waals surface area (Å²) in [4.78, 5) is 3.57. The number of halogens is 3. The number of pyridine rings is 1. The average molecular weight is 226 g/mol. The average Bonchev–Trinajstić information content (AvgIpc) is 2.17. The van der Waals surface area contributed by atoms with Gasteiger partial charge >= 0.3 is 6.18 Å². The molecule has 0 aliphatic heterocycles. The molecule has 0 saturated heterocycles. The van der Waals surface area contributed by atoms with Crippen LogP contribution in [-0.4, -0.2) is 4.98 Å². The van der Waals surface area contributed by atoms with E-state index in [0.717, 1.165) is 11.8 Å². The second-order valence-corrected chi connectivity index (χ2v) is 3.60. The Balaban J connectivity index is 2.85. The summed E-state index contributed by atoms with van der Waals surface area (Å²) in [5.41, 5.74) is 5.65. The van der Waals surface area contributed by atoms with Crippen LogP contribution in [0.1, 0.15) is 11.1 Å². The molecule has 16 heavy (non-hydrogen) atoms. The molecule has 1 aromatic heterocycles. The molecule has 0 aliphatic carbocycles. The van der Waals surface area contributed by atoms with E-state index in [0.29, 0.717) is 5.39 Å². The molecule has 2 nitrogen and oxygen atoms in total. The molecule has 1 aromatic carbocycles. The van der Waals surface area contributed by atoms with Crippen LogP contribution in [0.2, 0.25) is 0 Å². The first-order valence-electron chi connectivity index (χ1n) is 4.61. The Labute approximate surface area is 89.9 Å². The third kappa shape index (κ3) is 1.68. The number of nitrogens with zero attached hydrogens (tertiary/aromatic N) is 1. The first-order valence-corrected chi connectivity index (χ1v) is 4.61. The maximum absolute atomic E-state index is 12.7. The van der Waals surface area contributed by atoms with Gasteiger partial charge in [0.05, 0.1) is 5.56 Å². The van der Waals surface area contributed by atoms with Crippen molar-refractivity contribution in [2.24, 2.45) is 0 Å². The summed E-state index contributed by atoms with van der Waals surface area (Å²) in [6.07, 6.45) is -3.64. The van der Waals surface area contributed by atoms with E-state index in [2.05, 4.69) is 4.98 Å². The van der Waals surface area contributed by atoms with Gasteiger partial charge in [-0.1, -0.05) is 17.7 Å². The molecule has 84 valence electrons. The number of alkyl halides is 3. The lowest BCUT2D eigenvalue weighted by atomic mass is 10.0. The number of fused-ring (bicyclic) bond motifs is 1. The fourth-order valence-corrected chi connectivity index (χ4v) is 1.60. The van der Waals surface area contributed by atoms with E-state index in [1.54, 1.807) is 19.1 Å². The summed E-state index contributed by atoms with van der Waals surface area (Å²) < 4.78 is 38.0. The molecule has 0 saturated carbocycles. The number of anilines is 1. The van der Waals surface area contributed by atoms with Crippen molar-refractivity contribution in [2.45, 2.75) is 13.1 Å². The van der Waals surface area contributed by atoms with Crippen molar-refractivity contribution in [2.75, 3.05) is 5.73 Å².